The van der Waals surface area contributed by atoms with Crippen LogP contribution in [0.25, 0.3) is 6.08 Å². The summed E-state index contributed by atoms with van der Waals surface area (Å²) in [5.74, 6) is -0.0463. The molecule has 0 saturated carbocycles. The van der Waals surface area contributed by atoms with Crippen LogP contribution >= 0.6 is 24.0 Å². The molecule has 3 heterocycles. The van der Waals surface area contributed by atoms with Gasteiger partial charge in [0.2, 0.25) is 26.6 Å². The first kappa shape index (κ1) is 23.9. The maximum atomic E-state index is 13.6. The minimum Gasteiger partial charge on any atom is -0.420 e. The number of oxazole rings is 1. The van der Waals surface area contributed by atoms with Crippen LogP contribution in [0.1, 0.15) is 30.9 Å². The molecule has 1 aromatic carbocycles. The van der Waals surface area contributed by atoms with E-state index in [1.54, 1.807) is 23.1 Å². The topological polar surface area (TPSA) is 93.0 Å². The van der Waals surface area contributed by atoms with Gasteiger partial charge in [0.25, 0.3) is 5.91 Å². The van der Waals surface area contributed by atoms with Gasteiger partial charge in [-0.2, -0.15) is 4.98 Å². The van der Waals surface area contributed by atoms with Crippen molar-refractivity contribution in [3.05, 3.63) is 40.1 Å². The maximum Gasteiger partial charge on any atom is 0.266 e. The highest BCUT2D eigenvalue weighted by Crippen LogP contribution is 2.36. The molecule has 11 heteroatoms. The summed E-state index contributed by atoms with van der Waals surface area (Å²) in [6.45, 7) is 9.39. The number of benzene rings is 1. The summed E-state index contributed by atoms with van der Waals surface area (Å²) < 4.78 is 38.9. The molecule has 33 heavy (non-hydrogen) atoms. The number of ether oxygens (including phenoxy) is 1. The number of morpholine rings is 1. The first-order valence-corrected chi connectivity index (χ1v) is 13.2. The first-order chi connectivity index (χ1) is 15.6. The zero-order valence-corrected chi connectivity index (χ0v) is 21.3. The lowest BCUT2D eigenvalue weighted by Gasteiger charge is -2.26. The Morgan fingerprint density at radius 2 is 1.88 bits per heavy atom. The van der Waals surface area contributed by atoms with Gasteiger partial charge in [0.05, 0.1) is 23.0 Å². The van der Waals surface area contributed by atoms with E-state index in [2.05, 4.69) is 4.98 Å². The van der Waals surface area contributed by atoms with Gasteiger partial charge < -0.3 is 14.1 Å². The van der Waals surface area contributed by atoms with Crippen molar-refractivity contribution < 1.29 is 22.4 Å². The lowest BCUT2D eigenvalue weighted by molar-refractivity contribution is -0.123. The van der Waals surface area contributed by atoms with Crippen LogP contribution in [0.5, 0.6) is 0 Å². The van der Waals surface area contributed by atoms with Crippen molar-refractivity contribution in [2.75, 3.05) is 31.2 Å². The summed E-state index contributed by atoms with van der Waals surface area (Å²) in [5, 5.41) is -0.168. The zero-order chi connectivity index (χ0) is 23.9. The minimum absolute atomic E-state index is 0.0446. The molecular weight excluding hydrogens is 482 g/mol. The molecule has 0 aliphatic carbocycles. The summed E-state index contributed by atoms with van der Waals surface area (Å²) >= 11 is 6.47. The third kappa shape index (κ3) is 4.59. The molecule has 0 atom stereocenters. The van der Waals surface area contributed by atoms with E-state index in [0.29, 0.717) is 35.5 Å². The lowest BCUT2D eigenvalue weighted by atomic mass is 10.1. The molecule has 0 bridgehead atoms. The van der Waals surface area contributed by atoms with Gasteiger partial charge in [0, 0.05) is 25.2 Å². The van der Waals surface area contributed by atoms with Gasteiger partial charge in [-0.05, 0) is 51.0 Å². The van der Waals surface area contributed by atoms with Crippen LogP contribution in [0.2, 0.25) is 0 Å². The standard InChI is InChI=1S/C22H25N3O5S3/c1-13(2)25-20(26)17(32-22(25)31)12-18-23-19(21(30-18)24-7-9-29-10-8-24)33(27,28)16-6-5-14(3)15(4)11-16/h5-6,11-13H,7-10H2,1-4H3/b17-12-. The van der Waals surface area contributed by atoms with Crippen molar-refractivity contribution in [1.82, 2.24) is 9.88 Å². The summed E-state index contributed by atoms with van der Waals surface area (Å²) in [4.78, 5) is 20.9. The van der Waals surface area contributed by atoms with E-state index in [9.17, 15) is 13.2 Å². The molecule has 0 radical (unpaired) electrons. The third-order valence-corrected chi connectivity index (χ3v) is 8.51. The number of carbonyl (C=O) groups excluding carboxylic acids is 1. The Morgan fingerprint density at radius 3 is 2.48 bits per heavy atom. The van der Waals surface area contributed by atoms with Crippen molar-refractivity contribution in [3.8, 4) is 0 Å². The van der Waals surface area contributed by atoms with E-state index < -0.39 is 9.84 Å². The van der Waals surface area contributed by atoms with Gasteiger partial charge >= 0.3 is 0 Å². The van der Waals surface area contributed by atoms with Crippen LogP contribution < -0.4 is 4.90 Å². The van der Waals surface area contributed by atoms with E-state index in [0.717, 1.165) is 22.9 Å². The number of sulfone groups is 1. The van der Waals surface area contributed by atoms with Crippen LogP contribution in [0.4, 0.5) is 5.88 Å². The lowest BCUT2D eigenvalue weighted by Crippen LogP contribution is -2.36. The van der Waals surface area contributed by atoms with Crippen molar-refractivity contribution in [2.24, 2.45) is 0 Å². The van der Waals surface area contributed by atoms with Gasteiger partial charge in [-0.3, -0.25) is 9.69 Å². The number of rotatable bonds is 5. The van der Waals surface area contributed by atoms with Gasteiger partial charge in [0.15, 0.2) is 0 Å². The van der Waals surface area contributed by atoms with Crippen LogP contribution in [-0.4, -0.2) is 60.9 Å². The minimum atomic E-state index is -3.96. The Bertz CT molecular complexity index is 1240. The van der Waals surface area contributed by atoms with Gasteiger partial charge in [-0.15, -0.1) is 0 Å². The van der Waals surface area contributed by atoms with Crippen molar-refractivity contribution in [2.45, 2.75) is 43.7 Å². The Morgan fingerprint density at radius 1 is 1.18 bits per heavy atom. The van der Waals surface area contributed by atoms with E-state index in [4.69, 9.17) is 21.4 Å². The number of anilines is 1. The average Bonchev–Trinajstić information content (AvgIpc) is 3.32. The Hall–Kier alpha value is -2.21. The van der Waals surface area contributed by atoms with E-state index >= 15 is 0 Å². The highest BCUT2D eigenvalue weighted by Gasteiger charge is 2.36. The van der Waals surface area contributed by atoms with E-state index in [1.165, 1.54) is 11.0 Å². The van der Waals surface area contributed by atoms with Crippen LogP contribution in [-0.2, 0) is 19.4 Å². The summed E-state index contributed by atoms with van der Waals surface area (Å²) in [6, 6.07) is 4.89. The molecule has 2 saturated heterocycles. The number of nitrogens with zero attached hydrogens (tertiary/aromatic N) is 3. The van der Waals surface area contributed by atoms with Crippen LogP contribution in [0.15, 0.2) is 37.4 Å². The summed E-state index contributed by atoms with van der Waals surface area (Å²) in [5.41, 5.74) is 1.86. The number of aromatic nitrogens is 1. The monoisotopic (exact) mass is 507 g/mol. The third-order valence-electron chi connectivity index (χ3n) is 5.53. The summed E-state index contributed by atoms with van der Waals surface area (Å²) in [6.07, 6.45) is 1.46. The molecule has 2 fully saturated rings. The zero-order valence-electron chi connectivity index (χ0n) is 18.8. The smallest absolute Gasteiger partial charge is 0.266 e. The molecule has 2 aromatic rings. The summed E-state index contributed by atoms with van der Waals surface area (Å²) in [7, 11) is -3.96. The van der Waals surface area contributed by atoms with E-state index in [-0.39, 0.29) is 33.6 Å². The fourth-order valence-corrected chi connectivity index (χ4v) is 6.45. The van der Waals surface area contributed by atoms with Crippen molar-refractivity contribution in [3.63, 3.8) is 0 Å². The molecule has 0 spiro atoms. The number of carbonyl (C=O) groups is 1. The van der Waals surface area contributed by atoms with Gasteiger partial charge in [0.1, 0.15) is 4.32 Å². The highest BCUT2D eigenvalue weighted by molar-refractivity contribution is 8.26. The molecule has 4 rings (SSSR count). The Kier molecular flexibility index (Phi) is 6.68. The van der Waals surface area contributed by atoms with Gasteiger partial charge in [-0.1, -0.05) is 30.0 Å². The predicted octanol–water partition coefficient (Wildman–Crippen LogP) is 3.57. The fraction of sp³-hybridized carbons (Fsp3) is 0.409. The average molecular weight is 508 g/mol. The Labute approximate surface area is 202 Å². The van der Waals surface area contributed by atoms with Crippen molar-refractivity contribution >= 4 is 56.0 Å². The second-order valence-corrected chi connectivity index (χ2v) is 11.7. The quantitative estimate of drug-likeness (QED) is 0.445. The molecule has 176 valence electrons. The molecule has 8 nitrogen and oxygen atoms in total. The fourth-order valence-electron chi connectivity index (χ4n) is 3.55. The molecule has 1 amide bonds. The van der Waals surface area contributed by atoms with Crippen molar-refractivity contribution in [1.29, 1.82) is 0 Å². The molecule has 2 aliphatic heterocycles. The van der Waals surface area contributed by atoms with Gasteiger partial charge in [-0.25, -0.2) is 8.42 Å². The first-order valence-electron chi connectivity index (χ1n) is 10.5. The number of hydrogen-bond acceptors (Lipinski definition) is 9. The number of thiocarbonyl (C=S) groups is 1. The SMILES string of the molecule is Cc1ccc(S(=O)(=O)c2nc(/C=C3\SC(=S)N(C(C)C)C3=O)oc2N2CCOCC2)cc1C. The van der Waals surface area contributed by atoms with Crippen LogP contribution in [0, 0.1) is 13.8 Å². The molecule has 0 N–H and O–H groups in total. The predicted molar refractivity (Wildman–Crippen MR) is 131 cm³/mol. The second kappa shape index (κ2) is 9.21. The van der Waals surface area contributed by atoms with E-state index in [1.807, 2.05) is 27.7 Å². The second-order valence-electron chi connectivity index (χ2n) is 8.16. The number of aryl methyl sites for hydroxylation is 2. The number of amides is 1. The largest absolute Gasteiger partial charge is 0.420 e. The molecule has 0 unspecified atom stereocenters. The molecular formula is C22H25N3O5S3. The number of hydrogen-bond donors (Lipinski definition) is 0. The Balaban J connectivity index is 1.79. The number of thioether (sulfide) groups is 1. The molecule has 1 aromatic heterocycles. The normalized spacial score (nSPS) is 18.8. The highest BCUT2D eigenvalue weighted by atomic mass is 32.2. The van der Waals surface area contributed by atoms with Crippen LogP contribution in [0.3, 0.4) is 0 Å². The molecule has 2 aliphatic rings. The maximum absolute atomic E-state index is 13.6.